The predicted molar refractivity (Wildman–Crippen MR) is 172 cm³/mol. The Morgan fingerprint density at radius 1 is 1.00 bits per heavy atom. The van der Waals surface area contributed by atoms with Crippen LogP contribution >= 0.6 is 0 Å². The van der Waals surface area contributed by atoms with E-state index in [1.165, 1.54) is 12.1 Å². The van der Waals surface area contributed by atoms with Crippen LogP contribution in [0.5, 0.6) is 0 Å². The van der Waals surface area contributed by atoms with E-state index in [4.69, 9.17) is 9.84 Å². The maximum Gasteiger partial charge on any atom is 0.179 e. The van der Waals surface area contributed by atoms with E-state index in [1.54, 1.807) is 37.8 Å². The highest BCUT2D eigenvalue weighted by molar-refractivity contribution is 7.91. The number of hydrogen-bond acceptors (Lipinski definition) is 13. The Morgan fingerprint density at radius 3 is 2.27 bits per heavy atom. The summed E-state index contributed by atoms with van der Waals surface area (Å²) in [4.78, 5) is 6.46. The highest BCUT2D eigenvalue weighted by Crippen LogP contribution is 2.36. The number of azo groups is 1. The van der Waals surface area contributed by atoms with Crippen molar-refractivity contribution in [2.45, 2.75) is 37.9 Å². The van der Waals surface area contributed by atoms with Crippen LogP contribution in [0.15, 0.2) is 69.7 Å². The summed E-state index contributed by atoms with van der Waals surface area (Å²) >= 11 is 0. The number of nitrogens with zero attached hydrogens (tertiary/aromatic N) is 5. The van der Waals surface area contributed by atoms with Crippen molar-refractivity contribution < 1.29 is 28.5 Å². The van der Waals surface area contributed by atoms with Crippen LogP contribution in [0, 0.1) is 18.3 Å². The largest absolute Gasteiger partial charge is 0.394 e. The minimum absolute atomic E-state index is 0.0848. The quantitative estimate of drug-likeness (QED) is 0.101. The van der Waals surface area contributed by atoms with Gasteiger partial charge < -0.3 is 30.7 Å². The van der Waals surface area contributed by atoms with Gasteiger partial charge in [-0.25, -0.2) is 13.4 Å². The van der Waals surface area contributed by atoms with E-state index < -0.39 is 22.0 Å². The number of aliphatic hydroxyl groups is 3. The van der Waals surface area contributed by atoms with Crippen LogP contribution in [0.4, 0.5) is 28.7 Å². The van der Waals surface area contributed by atoms with Crippen molar-refractivity contribution in [2.75, 3.05) is 62.4 Å². The van der Waals surface area contributed by atoms with Crippen LogP contribution in [-0.2, 0) is 14.6 Å². The van der Waals surface area contributed by atoms with Crippen LogP contribution in [-0.4, -0.2) is 97.6 Å². The minimum atomic E-state index is -3.65. The SMILES string of the molecule is Cc1c(C#N)c(NCCOCCO)nc(Nc2ccccc2)c1/N=N/c1ccc(S(=O)(=O)CCN(CC(C)O)CC(C)O)cc1. The first-order chi connectivity index (χ1) is 21.5. The lowest BCUT2D eigenvalue weighted by Crippen LogP contribution is -2.39. The summed E-state index contributed by atoms with van der Waals surface area (Å²) in [5.41, 5.74) is 2.30. The molecule has 0 saturated carbocycles. The zero-order chi connectivity index (χ0) is 32.8. The van der Waals surface area contributed by atoms with Gasteiger partial charge in [-0.05, 0) is 57.2 Å². The molecule has 0 aliphatic carbocycles. The summed E-state index contributed by atoms with van der Waals surface area (Å²) in [6, 6.07) is 17.5. The van der Waals surface area contributed by atoms with E-state index in [2.05, 4.69) is 31.9 Å². The molecule has 2 atom stereocenters. The summed E-state index contributed by atoms with van der Waals surface area (Å²) in [6.07, 6.45) is -1.32. The van der Waals surface area contributed by atoms with Gasteiger partial charge in [-0.2, -0.15) is 10.4 Å². The van der Waals surface area contributed by atoms with Gasteiger partial charge in [-0.15, -0.1) is 5.11 Å². The molecule has 0 radical (unpaired) electrons. The third-order valence-electron chi connectivity index (χ3n) is 6.52. The summed E-state index contributed by atoms with van der Waals surface area (Å²) < 4.78 is 31.3. The van der Waals surface area contributed by atoms with Gasteiger partial charge >= 0.3 is 0 Å². The normalized spacial score (nSPS) is 13.1. The Balaban J connectivity index is 1.84. The third kappa shape index (κ3) is 11.2. The van der Waals surface area contributed by atoms with E-state index >= 15 is 0 Å². The summed E-state index contributed by atoms with van der Waals surface area (Å²) in [5, 5.41) is 53.4. The summed E-state index contributed by atoms with van der Waals surface area (Å²) in [7, 11) is -3.65. The molecular weight excluding hydrogens is 598 g/mol. The smallest absolute Gasteiger partial charge is 0.179 e. The number of hydrogen-bond donors (Lipinski definition) is 5. The molecule has 3 aromatic rings. The molecule has 0 aliphatic heterocycles. The number of benzene rings is 2. The second-order valence-electron chi connectivity index (χ2n) is 10.5. The number of ether oxygens (including phenoxy) is 1. The second-order valence-corrected chi connectivity index (χ2v) is 12.6. The number of sulfone groups is 1. The molecule has 0 aliphatic rings. The molecule has 2 unspecified atom stereocenters. The van der Waals surface area contributed by atoms with Crippen molar-refractivity contribution in [3.05, 3.63) is 65.7 Å². The average Bonchev–Trinajstić information content (AvgIpc) is 3.00. The van der Waals surface area contributed by atoms with Crippen LogP contribution in [0.25, 0.3) is 0 Å². The van der Waals surface area contributed by atoms with Gasteiger partial charge in [0, 0.05) is 37.4 Å². The van der Waals surface area contributed by atoms with Crippen molar-refractivity contribution in [2.24, 2.45) is 10.2 Å². The number of aliphatic hydroxyl groups excluding tert-OH is 3. The van der Waals surface area contributed by atoms with E-state index in [0.29, 0.717) is 41.7 Å². The van der Waals surface area contributed by atoms with Gasteiger partial charge in [0.05, 0.1) is 53.9 Å². The number of nitriles is 1. The molecule has 2 aromatic carbocycles. The van der Waals surface area contributed by atoms with E-state index in [0.717, 1.165) is 5.69 Å². The average molecular weight is 640 g/mol. The predicted octanol–water partition coefficient (Wildman–Crippen LogP) is 3.68. The molecule has 0 fully saturated rings. The Bertz CT molecular complexity index is 1530. The van der Waals surface area contributed by atoms with Crippen molar-refractivity contribution >= 4 is 38.5 Å². The van der Waals surface area contributed by atoms with Gasteiger partial charge in [0.2, 0.25) is 0 Å². The zero-order valence-electron chi connectivity index (χ0n) is 25.7. The van der Waals surface area contributed by atoms with Crippen molar-refractivity contribution in [3.63, 3.8) is 0 Å². The Hall–Kier alpha value is -3.97. The zero-order valence-corrected chi connectivity index (χ0v) is 26.5. The number of pyridine rings is 1. The molecule has 1 aromatic heterocycles. The molecule has 13 nitrogen and oxygen atoms in total. The molecule has 5 N–H and O–H groups in total. The lowest BCUT2D eigenvalue weighted by molar-refractivity contribution is 0.0873. The number of rotatable bonds is 18. The van der Waals surface area contributed by atoms with Crippen LogP contribution in [0.3, 0.4) is 0 Å². The standard InChI is InChI=1S/C31H41N7O6S/c1-22(40)20-38(21-23(2)41)14-18-45(42,43)27-11-9-26(10-12-27)36-37-29-24(3)28(19-32)30(33-13-16-44-17-15-39)35-31(29)34-25-7-5-4-6-8-25/h4-12,22-23,39-41H,13-18,20-21H2,1-3H3,(H2,33,34,35)/b37-36+. The number of aromatic nitrogens is 1. The fourth-order valence-corrected chi connectivity index (χ4v) is 5.72. The van der Waals surface area contributed by atoms with E-state index in [-0.39, 0.29) is 49.1 Å². The molecule has 0 bridgehead atoms. The Morgan fingerprint density at radius 2 is 1.67 bits per heavy atom. The van der Waals surface area contributed by atoms with Gasteiger partial charge in [0.1, 0.15) is 17.6 Å². The van der Waals surface area contributed by atoms with E-state index in [1.807, 2.05) is 30.3 Å². The third-order valence-corrected chi connectivity index (χ3v) is 8.23. The van der Waals surface area contributed by atoms with E-state index in [9.17, 15) is 23.9 Å². The summed E-state index contributed by atoms with van der Waals surface area (Å²) in [6.45, 7) is 6.41. The minimum Gasteiger partial charge on any atom is -0.394 e. The summed E-state index contributed by atoms with van der Waals surface area (Å²) in [5.74, 6) is 0.519. The maximum atomic E-state index is 13.0. The lowest BCUT2D eigenvalue weighted by atomic mass is 10.1. The molecule has 0 saturated heterocycles. The fraction of sp³-hybridized carbons (Fsp3) is 0.419. The fourth-order valence-electron chi connectivity index (χ4n) is 4.43. The monoisotopic (exact) mass is 639 g/mol. The highest BCUT2D eigenvalue weighted by Gasteiger charge is 2.20. The first kappa shape index (κ1) is 35.5. The maximum absolute atomic E-state index is 13.0. The van der Waals surface area contributed by atoms with Gasteiger partial charge in [0.25, 0.3) is 0 Å². The molecule has 3 rings (SSSR count). The molecule has 0 amide bonds. The number of anilines is 3. The molecular formula is C31H41N7O6S. The Labute approximate surface area is 264 Å². The van der Waals surface area contributed by atoms with Crippen LogP contribution in [0.1, 0.15) is 25.0 Å². The van der Waals surface area contributed by atoms with Crippen molar-refractivity contribution in [1.29, 1.82) is 5.26 Å². The van der Waals surface area contributed by atoms with Gasteiger partial charge in [-0.1, -0.05) is 18.2 Å². The molecule has 0 spiro atoms. The van der Waals surface area contributed by atoms with Crippen LogP contribution < -0.4 is 10.6 Å². The topological polar surface area (TPSA) is 193 Å². The molecule has 45 heavy (non-hydrogen) atoms. The van der Waals surface area contributed by atoms with Gasteiger partial charge in [-0.3, -0.25) is 4.90 Å². The van der Waals surface area contributed by atoms with Gasteiger partial charge in [0.15, 0.2) is 15.7 Å². The van der Waals surface area contributed by atoms with Crippen molar-refractivity contribution in [3.8, 4) is 6.07 Å². The first-order valence-electron chi connectivity index (χ1n) is 14.6. The van der Waals surface area contributed by atoms with Crippen LogP contribution in [0.2, 0.25) is 0 Å². The number of nitrogens with one attached hydrogen (secondary N) is 2. The lowest BCUT2D eigenvalue weighted by Gasteiger charge is -2.24. The van der Waals surface area contributed by atoms with Crippen molar-refractivity contribution in [1.82, 2.24) is 9.88 Å². The first-order valence-corrected chi connectivity index (χ1v) is 16.2. The molecule has 242 valence electrons. The Kier molecular flexibility index (Phi) is 13.8. The molecule has 14 heteroatoms. The molecule has 1 heterocycles. The second kappa shape index (κ2) is 17.5. The highest BCUT2D eigenvalue weighted by atomic mass is 32.2. The number of para-hydroxylation sites is 1.